The zero-order valence-electron chi connectivity index (χ0n) is 19.9. The number of nitrogens with zero attached hydrogens (tertiary/aromatic N) is 2. The zero-order valence-corrected chi connectivity index (χ0v) is 25.5. The van der Waals surface area contributed by atoms with E-state index in [1.165, 1.54) is 18.2 Å². The Bertz CT molecular complexity index is 1480. The number of carbonyl (C=O) groups is 2. The summed E-state index contributed by atoms with van der Waals surface area (Å²) in [7, 11) is -3.96. The minimum atomic E-state index is -4.70. The highest BCUT2D eigenvalue weighted by Crippen LogP contribution is 2.39. The van der Waals surface area contributed by atoms with Crippen molar-refractivity contribution in [2.24, 2.45) is 0 Å². The van der Waals surface area contributed by atoms with Crippen LogP contribution in [-0.2, 0) is 25.5 Å². The second kappa shape index (κ2) is 12.4. The van der Waals surface area contributed by atoms with E-state index in [1.54, 1.807) is 0 Å². The van der Waals surface area contributed by atoms with E-state index in [9.17, 15) is 36.4 Å². The Morgan fingerprint density at radius 1 is 1.23 bits per heavy atom. The number of ether oxygens (including phenoxy) is 1. The van der Waals surface area contributed by atoms with Crippen LogP contribution in [0, 0.1) is 11.3 Å². The fourth-order valence-electron chi connectivity index (χ4n) is 3.82. The zero-order chi connectivity index (χ0) is 29.1. The maximum atomic E-state index is 13.5. The fourth-order valence-corrected chi connectivity index (χ4v) is 5.64. The van der Waals surface area contributed by atoms with Crippen LogP contribution in [0.5, 0.6) is 0 Å². The first-order chi connectivity index (χ1) is 18.2. The number of alkyl halides is 6. The Morgan fingerprint density at radius 3 is 2.49 bits per heavy atom. The van der Waals surface area contributed by atoms with Crippen LogP contribution >= 0.6 is 47.8 Å². The Balaban J connectivity index is 2.29. The van der Waals surface area contributed by atoms with Gasteiger partial charge in [0.15, 0.2) is 9.84 Å². The summed E-state index contributed by atoms with van der Waals surface area (Å²) < 4.78 is 71.0. The third kappa shape index (κ3) is 7.03. The number of esters is 1. The molecule has 1 aliphatic heterocycles. The number of nitrogens with one attached hydrogen (secondary N) is 1. The van der Waals surface area contributed by atoms with Gasteiger partial charge in [-0.2, -0.15) is 18.4 Å². The molecule has 2 atom stereocenters. The Morgan fingerprint density at radius 2 is 1.92 bits per heavy atom. The lowest BCUT2D eigenvalue weighted by atomic mass is 9.93. The molecule has 2 unspecified atom stereocenters. The van der Waals surface area contributed by atoms with Crippen LogP contribution in [0.2, 0.25) is 0 Å². The van der Waals surface area contributed by atoms with Crippen LogP contribution in [0.4, 0.5) is 23.7 Å². The van der Waals surface area contributed by atoms with Gasteiger partial charge in [0.1, 0.15) is 6.61 Å². The molecule has 8 nitrogen and oxygen atoms in total. The van der Waals surface area contributed by atoms with E-state index >= 15 is 0 Å². The van der Waals surface area contributed by atoms with Gasteiger partial charge in [-0.1, -0.05) is 59.9 Å². The molecule has 1 N–H and O–H groups in total. The summed E-state index contributed by atoms with van der Waals surface area (Å²) in [6, 6.07) is 7.29. The van der Waals surface area contributed by atoms with Gasteiger partial charge in [-0.15, -0.1) is 0 Å². The first-order valence-electron chi connectivity index (χ1n) is 10.9. The van der Waals surface area contributed by atoms with Crippen molar-refractivity contribution in [3.63, 3.8) is 0 Å². The number of halogens is 6. The number of urea groups is 1. The summed E-state index contributed by atoms with van der Waals surface area (Å²) in [5, 5.41) is 12.1. The third-order valence-electron chi connectivity index (χ3n) is 5.53. The van der Waals surface area contributed by atoms with Crippen molar-refractivity contribution in [3.05, 3.63) is 70.4 Å². The van der Waals surface area contributed by atoms with Gasteiger partial charge < -0.3 is 10.1 Å². The van der Waals surface area contributed by atoms with Crippen molar-refractivity contribution >= 4 is 75.3 Å². The largest absolute Gasteiger partial charge is 0.461 e. The smallest absolute Gasteiger partial charge is 0.416 e. The number of carbonyl (C=O) groups excluding carboxylic acids is 2. The summed E-state index contributed by atoms with van der Waals surface area (Å²) in [4.78, 5) is 27.2. The standard InChI is InChI=1S/C24H19Br3F3N3O5S/c1-39(36,37)19-7-13(11-31)5-6-17(19)21-20(22(34)38-12-15(27)9-25)18(10-26)33(23(35)32-21)16-4-2-3-14(8-16)24(28,29)30/h2-8,15,21H,9-10,12H2,1H3,(H,32,35). The highest BCUT2D eigenvalue weighted by atomic mass is 79.9. The minimum absolute atomic E-state index is 0.0187. The molecule has 0 aromatic heterocycles. The van der Waals surface area contributed by atoms with Crippen LogP contribution in [0.1, 0.15) is 22.7 Å². The summed E-state index contributed by atoms with van der Waals surface area (Å²) >= 11 is 9.79. The molecule has 3 rings (SSSR count). The minimum Gasteiger partial charge on any atom is -0.461 e. The molecular weight excluding hydrogens is 739 g/mol. The van der Waals surface area contributed by atoms with Crippen LogP contribution in [0.25, 0.3) is 0 Å². The van der Waals surface area contributed by atoms with Gasteiger partial charge in [0.25, 0.3) is 0 Å². The summed E-state index contributed by atoms with van der Waals surface area (Å²) in [5.41, 5.74) is -1.44. The van der Waals surface area contributed by atoms with Gasteiger partial charge >= 0.3 is 18.2 Å². The molecule has 1 aliphatic rings. The number of allylic oxidation sites excluding steroid dienone is 1. The normalized spacial score (nSPS) is 16.9. The van der Waals surface area contributed by atoms with Crippen molar-refractivity contribution in [2.45, 2.75) is 21.9 Å². The number of nitriles is 1. The Hall–Kier alpha value is -2.41. The van der Waals surface area contributed by atoms with Crippen molar-refractivity contribution in [3.8, 4) is 6.07 Å². The predicted octanol–water partition coefficient (Wildman–Crippen LogP) is 5.60. The molecule has 2 aromatic carbocycles. The second-order valence-corrected chi connectivity index (χ2v) is 12.7. The molecule has 208 valence electrons. The van der Waals surface area contributed by atoms with Crippen LogP contribution in [0.3, 0.4) is 0 Å². The van der Waals surface area contributed by atoms with Gasteiger partial charge in [-0.05, 0) is 35.9 Å². The number of amides is 2. The van der Waals surface area contributed by atoms with Gasteiger partial charge in [-0.25, -0.2) is 18.0 Å². The van der Waals surface area contributed by atoms with Crippen LogP contribution < -0.4 is 10.2 Å². The average Bonchev–Trinajstić information content (AvgIpc) is 2.89. The van der Waals surface area contributed by atoms with Crippen molar-refractivity contribution in [2.75, 3.05) is 28.4 Å². The second-order valence-electron chi connectivity index (χ2n) is 8.25. The average molecular weight is 758 g/mol. The fraction of sp³-hybridized carbons (Fsp3) is 0.292. The number of anilines is 1. The molecule has 2 amide bonds. The van der Waals surface area contributed by atoms with Gasteiger partial charge in [0.2, 0.25) is 0 Å². The molecule has 1 heterocycles. The molecule has 0 saturated carbocycles. The van der Waals surface area contributed by atoms with E-state index in [4.69, 9.17) is 4.74 Å². The van der Waals surface area contributed by atoms with Crippen molar-refractivity contribution in [1.29, 1.82) is 5.26 Å². The quantitative estimate of drug-likeness (QED) is 0.277. The first kappa shape index (κ1) is 31.1. The van der Waals surface area contributed by atoms with Crippen LogP contribution in [0.15, 0.2) is 58.6 Å². The highest BCUT2D eigenvalue weighted by Gasteiger charge is 2.41. The summed E-state index contributed by atoms with van der Waals surface area (Å²) in [6.45, 7) is -0.111. The third-order valence-corrected chi connectivity index (χ3v) is 9.46. The maximum Gasteiger partial charge on any atom is 0.416 e. The van der Waals surface area contributed by atoms with Gasteiger partial charge in [0.05, 0.1) is 49.9 Å². The number of benzene rings is 2. The lowest BCUT2D eigenvalue weighted by Crippen LogP contribution is -2.49. The van der Waals surface area contributed by atoms with E-state index in [1.807, 2.05) is 6.07 Å². The molecule has 0 radical (unpaired) electrons. The van der Waals surface area contributed by atoms with E-state index in [2.05, 4.69) is 53.1 Å². The van der Waals surface area contributed by atoms with Crippen molar-refractivity contribution in [1.82, 2.24) is 5.32 Å². The van der Waals surface area contributed by atoms with Gasteiger partial charge in [-0.3, -0.25) is 4.90 Å². The molecule has 0 spiro atoms. The van der Waals surface area contributed by atoms with E-state index in [0.717, 1.165) is 35.4 Å². The lowest BCUT2D eigenvalue weighted by Gasteiger charge is -2.36. The molecule has 0 saturated heterocycles. The Kier molecular flexibility index (Phi) is 9.90. The SMILES string of the molecule is CS(=O)(=O)c1cc(C#N)ccc1C1NC(=O)N(c2cccc(C(F)(F)F)c2)C(CBr)=C1C(=O)OCC(Br)CBr. The number of hydrogen-bond donors (Lipinski definition) is 1. The number of hydrogen-bond acceptors (Lipinski definition) is 6. The van der Waals surface area contributed by atoms with E-state index in [0.29, 0.717) is 5.33 Å². The molecular formula is C24H19Br3F3N3O5S. The van der Waals surface area contributed by atoms with Crippen molar-refractivity contribution < 1.29 is 35.9 Å². The highest BCUT2D eigenvalue weighted by molar-refractivity contribution is 9.12. The monoisotopic (exact) mass is 755 g/mol. The molecule has 39 heavy (non-hydrogen) atoms. The topological polar surface area (TPSA) is 117 Å². The molecule has 15 heteroatoms. The Labute approximate surface area is 247 Å². The molecule has 0 bridgehead atoms. The predicted molar refractivity (Wildman–Crippen MR) is 148 cm³/mol. The first-order valence-corrected chi connectivity index (χ1v) is 16.0. The van der Waals surface area contributed by atoms with Crippen LogP contribution in [-0.4, -0.2) is 48.8 Å². The van der Waals surface area contributed by atoms with E-state index < -0.39 is 39.6 Å². The lowest BCUT2D eigenvalue weighted by molar-refractivity contribution is -0.139. The number of rotatable bonds is 8. The number of sulfone groups is 1. The molecule has 0 fully saturated rings. The molecule has 2 aromatic rings. The summed E-state index contributed by atoms with van der Waals surface area (Å²) in [5.74, 6) is -0.930. The summed E-state index contributed by atoms with van der Waals surface area (Å²) in [6.07, 6.45) is -3.79. The molecule has 0 aliphatic carbocycles. The van der Waals surface area contributed by atoms with Gasteiger partial charge in [0, 0.05) is 16.9 Å². The van der Waals surface area contributed by atoms with E-state index in [-0.39, 0.29) is 49.7 Å². The maximum absolute atomic E-state index is 13.5.